The molecule has 1 aromatic rings. The lowest BCUT2D eigenvalue weighted by Crippen LogP contribution is -2.30. The predicted octanol–water partition coefficient (Wildman–Crippen LogP) is 0.452. The molecule has 98 valence electrons. The van der Waals surface area contributed by atoms with Crippen LogP contribution in [-0.4, -0.2) is 40.3 Å². The van der Waals surface area contributed by atoms with Gasteiger partial charge in [-0.05, 0) is 12.5 Å². The molecular formula is C12H15NO5. The average molecular weight is 253 g/mol. The Hall–Kier alpha value is -1.92. The van der Waals surface area contributed by atoms with Crippen LogP contribution >= 0.6 is 0 Å². The number of carbonyl (C=O) groups excluding carboxylic acids is 1. The van der Waals surface area contributed by atoms with Crippen LogP contribution in [0.15, 0.2) is 29.4 Å². The summed E-state index contributed by atoms with van der Waals surface area (Å²) in [5, 5.41) is 30.9. The van der Waals surface area contributed by atoms with E-state index in [4.69, 9.17) is 5.21 Å². The number of nitrogens with zero attached hydrogens (tertiary/aromatic N) is 1. The molecule has 0 saturated heterocycles. The SMILES string of the molecule is CCOC(=O)C(O)C(O)c1ccccc1C=NO. The first-order valence-electron chi connectivity index (χ1n) is 5.41. The van der Waals surface area contributed by atoms with E-state index in [1.165, 1.54) is 6.07 Å². The van der Waals surface area contributed by atoms with Gasteiger partial charge < -0.3 is 20.2 Å². The van der Waals surface area contributed by atoms with Crippen molar-refractivity contribution < 1.29 is 25.0 Å². The first-order valence-corrected chi connectivity index (χ1v) is 5.41. The first kappa shape index (κ1) is 14.1. The summed E-state index contributed by atoms with van der Waals surface area (Å²) in [4.78, 5) is 11.3. The van der Waals surface area contributed by atoms with Crippen molar-refractivity contribution in [3.8, 4) is 0 Å². The van der Waals surface area contributed by atoms with Gasteiger partial charge in [-0.2, -0.15) is 0 Å². The van der Waals surface area contributed by atoms with Gasteiger partial charge in [0.15, 0.2) is 6.10 Å². The van der Waals surface area contributed by atoms with Crippen LogP contribution in [0.5, 0.6) is 0 Å². The van der Waals surface area contributed by atoms with Crippen LogP contribution in [0.4, 0.5) is 0 Å². The van der Waals surface area contributed by atoms with Crippen LogP contribution in [0, 0.1) is 0 Å². The van der Waals surface area contributed by atoms with Crippen LogP contribution in [0.25, 0.3) is 0 Å². The number of benzene rings is 1. The fourth-order valence-corrected chi connectivity index (χ4v) is 1.49. The normalized spacial score (nSPS) is 14.4. The molecule has 18 heavy (non-hydrogen) atoms. The Balaban J connectivity index is 2.95. The smallest absolute Gasteiger partial charge is 0.338 e. The van der Waals surface area contributed by atoms with E-state index in [1.807, 2.05) is 0 Å². The summed E-state index contributed by atoms with van der Waals surface area (Å²) >= 11 is 0. The molecule has 6 nitrogen and oxygen atoms in total. The van der Waals surface area contributed by atoms with E-state index in [2.05, 4.69) is 9.89 Å². The standard InChI is InChI=1S/C12H15NO5/c1-2-18-12(16)11(15)10(14)9-6-4-3-5-8(9)7-13-17/h3-7,10-11,14-15,17H,2H2,1H3. The van der Waals surface area contributed by atoms with Gasteiger partial charge in [-0.3, -0.25) is 0 Å². The fourth-order valence-electron chi connectivity index (χ4n) is 1.49. The highest BCUT2D eigenvalue weighted by molar-refractivity contribution is 5.82. The van der Waals surface area contributed by atoms with Crippen LogP contribution in [0.1, 0.15) is 24.2 Å². The third-order valence-electron chi connectivity index (χ3n) is 2.34. The lowest BCUT2D eigenvalue weighted by molar-refractivity contribution is -0.159. The Morgan fingerprint density at radius 1 is 1.44 bits per heavy atom. The molecule has 0 saturated carbocycles. The van der Waals surface area contributed by atoms with Crippen molar-refractivity contribution in [2.24, 2.45) is 5.16 Å². The number of aliphatic hydroxyl groups is 2. The van der Waals surface area contributed by atoms with Gasteiger partial charge in [0, 0.05) is 5.56 Å². The molecule has 0 aromatic heterocycles. The number of aliphatic hydroxyl groups excluding tert-OH is 2. The second-order valence-corrected chi connectivity index (χ2v) is 3.52. The Morgan fingerprint density at radius 2 is 2.11 bits per heavy atom. The number of hydrogen-bond acceptors (Lipinski definition) is 6. The van der Waals surface area contributed by atoms with Crippen LogP contribution in [0.2, 0.25) is 0 Å². The third kappa shape index (κ3) is 3.28. The molecule has 0 aliphatic heterocycles. The Morgan fingerprint density at radius 3 is 2.72 bits per heavy atom. The lowest BCUT2D eigenvalue weighted by atomic mass is 9.99. The van der Waals surface area contributed by atoms with Gasteiger partial charge in [0.1, 0.15) is 6.10 Å². The molecule has 0 aliphatic carbocycles. The molecule has 0 fully saturated rings. The van der Waals surface area contributed by atoms with Crippen LogP contribution in [-0.2, 0) is 9.53 Å². The summed E-state index contributed by atoms with van der Waals surface area (Å²) in [5.41, 5.74) is 0.673. The maximum absolute atomic E-state index is 11.3. The van der Waals surface area contributed by atoms with E-state index in [-0.39, 0.29) is 12.2 Å². The number of carbonyl (C=O) groups is 1. The molecule has 0 amide bonds. The van der Waals surface area contributed by atoms with Crippen molar-refractivity contribution in [2.75, 3.05) is 6.61 Å². The van der Waals surface area contributed by atoms with Gasteiger partial charge in [0.05, 0.1) is 12.8 Å². The van der Waals surface area contributed by atoms with E-state index in [1.54, 1.807) is 25.1 Å². The van der Waals surface area contributed by atoms with E-state index in [0.29, 0.717) is 5.56 Å². The molecule has 0 heterocycles. The Kier molecular flexibility index (Phi) is 5.29. The molecule has 0 bridgehead atoms. The third-order valence-corrected chi connectivity index (χ3v) is 2.34. The molecule has 2 atom stereocenters. The zero-order valence-electron chi connectivity index (χ0n) is 9.85. The monoisotopic (exact) mass is 253 g/mol. The van der Waals surface area contributed by atoms with Crippen LogP contribution in [0.3, 0.4) is 0 Å². The maximum Gasteiger partial charge on any atom is 0.338 e. The molecule has 3 N–H and O–H groups in total. The zero-order valence-corrected chi connectivity index (χ0v) is 9.85. The molecule has 2 unspecified atom stereocenters. The second-order valence-electron chi connectivity index (χ2n) is 3.52. The van der Waals surface area contributed by atoms with Gasteiger partial charge in [-0.1, -0.05) is 29.4 Å². The summed E-state index contributed by atoms with van der Waals surface area (Å²) in [6.07, 6.45) is -2.02. The van der Waals surface area contributed by atoms with Gasteiger partial charge in [0.25, 0.3) is 0 Å². The summed E-state index contributed by atoms with van der Waals surface area (Å²) in [7, 11) is 0. The first-order chi connectivity index (χ1) is 8.61. The molecule has 0 radical (unpaired) electrons. The molecular weight excluding hydrogens is 238 g/mol. The highest BCUT2D eigenvalue weighted by Gasteiger charge is 2.28. The second kappa shape index (κ2) is 6.73. The summed E-state index contributed by atoms with van der Waals surface area (Å²) in [6, 6.07) is 6.40. The van der Waals surface area contributed by atoms with E-state index in [9.17, 15) is 15.0 Å². The van der Waals surface area contributed by atoms with Gasteiger partial charge in [-0.15, -0.1) is 0 Å². The molecule has 1 aromatic carbocycles. The van der Waals surface area contributed by atoms with Crippen molar-refractivity contribution in [3.63, 3.8) is 0 Å². The Bertz CT molecular complexity index is 432. The van der Waals surface area contributed by atoms with Gasteiger partial charge in [0.2, 0.25) is 0 Å². The highest BCUT2D eigenvalue weighted by Crippen LogP contribution is 2.20. The van der Waals surface area contributed by atoms with E-state index in [0.717, 1.165) is 6.21 Å². The highest BCUT2D eigenvalue weighted by atomic mass is 16.5. The van der Waals surface area contributed by atoms with Gasteiger partial charge >= 0.3 is 5.97 Å². The van der Waals surface area contributed by atoms with Crippen molar-refractivity contribution in [1.82, 2.24) is 0 Å². The van der Waals surface area contributed by atoms with Gasteiger partial charge in [-0.25, -0.2) is 4.79 Å². The number of rotatable bonds is 5. The predicted molar refractivity (Wildman–Crippen MR) is 63.4 cm³/mol. The quantitative estimate of drug-likeness (QED) is 0.306. The van der Waals surface area contributed by atoms with Crippen LogP contribution < -0.4 is 0 Å². The number of oxime groups is 1. The largest absolute Gasteiger partial charge is 0.464 e. The Labute approximate surface area is 104 Å². The van der Waals surface area contributed by atoms with E-state index < -0.39 is 18.2 Å². The average Bonchev–Trinajstić information content (AvgIpc) is 2.38. The van der Waals surface area contributed by atoms with Crippen molar-refractivity contribution >= 4 is 12.2 Å². The lowest BCUT2D eigenvalue weighted by Gasteiger charge is -2.18. The van der Waals surface area contributed by atoms with Crippen molar-refractivity contribution in [3.05, 3.63) is 35.4 Å². The van der Waals surface area contributed by atoms with Crippen molar-refractivity contribution in [1.29, 1.82) is 0 Å². The van der Waals surface area contributed by atoms with Crippen molar-refractivity contribution in [2.45, 2.75) is 19.1 Å². The number of hydrogen-bond donors (Lipinski definition) is 3. The summed E-state index contributed by atoms with van der Waals surface area (Å²) in [6.45, 7) is 1.71. The molecule has 0 aliphatic rings. The number of ether oxygens (including phenoxy) is 1. The molecule has 6 heteroatoms. The fraction of sp³-hybridized carbons (Fsp3) is 0.333. The summed E-state index contributed by atoms with van der Waals surface area (Å²) < 4.78 is 4.61. The molecule has 1 rings (SSSR count). The van der Waals surface area contributed by atoms with E-state index >= 15 is 0 Å². The minimum absolute atomic E-state index is 0.113. The maximum atomic E-state index is 11.3. The number of esters is 1. The minimum atomic E-state index is -1.68. The summed E-state index contributed by atoms with van der Waals surface area (Å²) in [5.74, 6) is -0.902. The minimum Gasteiger partial charge on any atom is -0.464 e. The topological polar surface area (TPSA) is 99.4 Å². The zero-order chi connectivity index (χ0) is 13.5. The molecule has 0 spiro atoms.